The summed E-state index contributed by atoms with van der Waals surface area (Å²) in [5.74, 6) is -0.0235. The number of halogens is 1. The van der Waals surface area contributed by atoms with Crippen LogP contribution in [0.3, 0.4) is 0 Å². The van der Waals surface area contributed by atoms with Gasteiger partial charge in [0.05, 0.1) is 10.2 Å². The molecule has 1 saturated heterocycles. The summed E-state index contributed by atoms with van der Waals surface area (Å²) < 4.78 is 27.7. The molecular formula is C15H16BrN3O3S2. The Balaban J connectivity index is 1.60. The van der Waals surface area contributed by atoms with E-state index in [4.69, 9.17) is 0 Å². The molecule has 0 saturated carbocycles. The van der Waals surface area contributed by atoms with Gasteiger partial charge in [0.15, 0.2) is 0 Å². The van der Waals surface area contributed by atoms with Crippen LogP contribution in [-0.4, -0.2) is 54.7 Å². The highest BCUT2D eigenvalue weighted by atomic mass is 79.9. The molecule has 3 rings (SSSR count). The van der Waals surface area contributed by atoms with Crippen molar-refractivity contribution in [2.24, 2.45) is 0 Å². The van der Waals surface area contributed by atoms with Crippen molar-refractivity contribution in [3.05, 3.63) is 46.0 Å². The zero-order valence-electron chi connectivity index (χ0n) is 12.8. The minimum Gasteiger partial charge on any atom is -0.340 e. The third-order valence-corrected chi connectivity index (χ3v) is 7.78. The Hall–Kier alpha value is -1.29. The first-order valence-electron chi connectivity index (χ1n) is 7.40. The molecular weight excluding hydrogens is 414 g/mol. The summed E-state index contributed by atoms with van der Waals surface area (Å²) in [6.45, 7) is 1.42. The van der Waals surface area contributed by atoms with Crippen molar-refractivity contribution in [2.75, 3.05) is 26.2 Å². The lowest BCUT2D eigenvalue weighted by molar-refractivity contribution is -0.131. The molecule has 1 aliphatic rings. The average Bonchev–Trinajstić information content (AvgIpc) is 3.03. The van der Waals surface area contributed by atoms with Crippen molar-refractivity contribution in [1.29, 1.82) is 0 Å². The molecule has 6 nitrogen and oxygen atoms in total. The lowest BCUT2D eigenvalue weighted by atomic mass is 10.2. The van der Waals surface area contributed by atoms with Crippen molar-refractivity contribution in [1.82, 2.24) is 14.2 Å². The molecule has 0 atom stereocenters. The molecule has 0 N–H and O–H groups in total. The number of rotatable bonds is 4. The van der Waals surface area contributed by atoms with E-state index in [1.807, 2.05) is 12.1 Å². The maximum absolute atomic E-state index is 12.6. The number of carbonyl (C=O) groups is 1. The molecule has 0 aliphatic carbocycles. The van der Waals surface area contributed by atoms with Crippen LogP contribution in [0.4, 0.5) is 0 Å². The van der Waals surface area contributed by atoms with Crippen LogP contribution in [0.15, 0.2) is 44.5 Å². The zero-order chi connectivity index (χ0) is 17.2. The highest BCUT2D eigenvalue weighted by Crippen LogP contribution is 2.28. The van der Waals surface area contributed by atoms with Crippen molar-refractivity contribution in [3.8, 4) is 0 Å². The van der Waals surface area contributed by atoms with Crippen molar-refractivity contribution in [2.45, 2.75) is 10.6 Å². The topological polar surface area (TPSA) is 70.6 Å². The van der Waals surface area contributed by atoms with Gasteiger partial charge in [0.25, 0.3) is 10.0 Å². The highest BCUT2D eigenvalue weighted by Gasteiger charge is 2.31. The fraction of sp³-hybridized carbons (Fsp3) is 0.333. The van der Waals surface area contributed by atoms with Crippen LogP contribution in [0.1, 0.15) is 5.69 Å². The number of hydrogen-bond acceptors (Lipinski definition) is 5. The number of nitrogens with zero attached hydrogens (tertiary/aromatic N) is 3. The molecule has 2 aromatic rings. The minimum atomic E-state index is -3.48. The summed E-state index contributed by atoms with van der Waals surface area (Å²) in [4.78, 5) is 18.2. The Morgan fingerprint density at radius 1 is 1.17 bits per heavy atom. The minimum absolute atomic E-state index is 0.0235. The van der Waals surface area contributed by atoms with Gasteiger partial charge in [-0.05, 0) is 40.2 Å². The molecule has 9 heteroatoms. The second kappa shape index (κ2) is 7.30. The van der Waals surface area contributed by atoms with Gasteiger partial charge in [0.1, 0.15) is 4.21 Å². The van der Waals surface area contributed by atoms with Crippen LogP contribution in [0, 0.1) is 0 Å². The molecule has 1 fully saturated rings. The van der Waals surface area contributed by atoms with Crippen LogP contribution in [0.5, 0.6) is 0 Å². The van der Waals surface area contributed by atoms with E-state index in [9.17, 15) is 13.2 Å². The number of sulfonamides is 1. The molecule has 0 bridgehead atoms. The van der Waals surface area contributed by atoms with Gasteiger partial charge in [0.2, 0.25) is 5.91 Å². The van der Waals surface area contributed by atoms with Gasteiger partial charge in [-0.25, -0.2) is 8.42 Å². The second-order valence-electron chi connectivity index (χ2n) is 5.34. The normalized spacial score (nSPS) is 16.3. The van der Waals surface area contributed by atoms with Crippen molar-refractivity contribution >= 4 is 43.2 Å². The summed E-state index contributed by atoms with van der Waals surface area (Å²) in [5, 5.41) is 0. The van der Waals surface area contributed by atoms with Gasteiger partial charge in [-0.3, -0.25) is 9.78 Å². The van der Waals surface area contributed by atoms with E-state index >= 15 is 0 Å². The van der Waals surface area contributed by atoms with Crippen LogP contribution in [-0.2, 0) is 21.2 Å². The molecule has 24 heavy (non-hydrogen) atoms. The van der Waals surface area contributed by atoms with E-state index in [0.29, 0.717) is 30.4 Å². The smallest absolute Gasteiger partial charge is 0.252 e. The number of aromatic nitrogens is 1. The third kappa shape index (κ3) is 3.85. The van der Waals surface area contributed by atoms with Gasteiger partial charge in [-0.2, -0.15) is 4.31 Å². The van der Waals surface area contributed by atoms with Crippen molar-refractivity contribution in [3.63, 3.8) is 0 Å². The summed E-state index contributed by atoms with van der Waals surface area (Å²) in [5.41, 5.74) is 0.723. The Labute approximate surface area is 153 Å². The number of carbonyl (C=O) groups excluding carboxylic acids is 1. The van der Waals surface area contributed by atoms with Gasteiger partial charge in [0, 0.05) is 38.1 Å². The Kier molecular flexibility index (Phi) is 5.33. The van der Waals surface area contributed by atoms with Crippen LogP contribution in [0.25, 0.3) is 0 Å². The van der Waals surface area contributed by atoms with E-state index < -0.39 is 10.0 Å². The lowest BCUT2D eigenvalue weighted by Gasteiger charge is -2.33. The third-order valence-electron chi connectivity index (χ3n) is 3.79. The van der Waals surface area contributed by atoms with Crippen LogP contribution >= 0.6 is 27.3 Å². The predicted octanol–water partition coefficient (Wildman–Crippen LogP) is 1.98. The summed E-state index contributed by atoms with van der Waals surface area (Å²) >= 11 is 4.48. The number of piperazine rings is 1. The van der Waals surface area contributed by atoms with E-state index in [1.54, 1.807) is 29.3 Å². The Bertz CT molecular complexity index is 815. The summed E-state index contributed by atoms with van der Waals surface area (Å²) in [7, 11) is -3.48. The monoisotopic (exact) mass is 429 g/mol. The second-order valence-corrected chi connectivity index (χ2v) is 9.97. The van der Waals surface area contributed by atoms with E-state index in [1.165, 1.54) is 15.6 Å². The first kappa shape index (κ1) is 17.5. The molecule has 0 unspecified atom stereocenters. The zero-order valence-corrected chi connectivity index (χ0v) is 16.0. The number of pyridine rings is 1. The number of thiophene rings is 1. The fourth-order valence-corrected chi connectivity index (χ4v) is 6.10. The maximum Gasteiger partial charge on any atom is 0.252 e. The molecule has 0 radical (unpaired) electrons. The standard InChI is InChI=1S/C15H16BrN3O3S2/c16-13-4-5-15(23-13)24(21,22)19-9-7-18(8-10-19)14(20)11-12-3-1-2-6-17-12/h1-6H,7-11H2. The molecule has 2 aromatic heterocycles. The molecule has 3 heterocycles. The summed E-state index contributed by atoms with van der Waals surface area (Å²) in [6, 6.07) is 8.79. The average molecular weight is 430 g/mol. The maximum atomic E-state index is 12.6. The first-order chi connectivity index (χ1) is 11.5. The van der Waals surface area contributed by atoms with Gasteiger partial charge < -0.3 is 4.90 Å². The predicted molar refractivity (Wildman–Crippen MR) is 95.3 cm³/mol. The largest absolute Gasteiger partial charge is 0.340 e. The first-order valence-corrected chi connectivity index (χ1v) is 10.4. The molecule has 0 spiro atoms. The van der Waals surface area contributed by atoms with E-state index in [0.717, 1.165) is 9.48 Å². The molecule has 0 aromatic carbocycles. The summed E-state index contributed by atoms with van der Waals surface area (Å²) in [6.07, 6.45) is 1.90. The Morgan fingerprint density at radius 3 is 2.50 bits per heavy atom. The number of hydrogen-bond donors (Lipinski definition) is 0. The van der Waals surface area contributed by atoms with E-state index in [2.05, 4.69) is 20.9 Å². The molecule has 128 valence electrons. The molecule has 1 amide bonds. The highest BCUT2D eigenvalue weighted by molar-refractivity contribution is 9.11. The number of amides is 1. The fourth-order valence-electron chi connectivity index (χ4n) is 2.51. The van der Waals surface area contributed by atoms with Gasteiger partial charge >= 0.3 is 0 Å². The molecule has 1 aliphatic heterocycles. The van der Waals surface area contributed by atoms with Gasteiger partial charge in [-0.15, -0.1) is 11.3 Å². The SMILES string of the molecule is O=C(Cc1ccccn1)N1CCN(S(=O)(=O)c2ccc(Br)s2)CC1. The lowest BCUT2D eigenvalue weighted by Crippen LogP contribution is -2.50. The van der Waals surface area contributed by atoms with Gasteiger partial charge in [-0.1, -0.05) is 6.07 Å². The van der Waals surface area contributed by atoms with E-state index in [-0.39, 0.29) is 12.3 Å². The quantitative estimate of drug-likeness (QED) is 0.744. The van der Waals surface area contributed by atoms with Crippen molar-refractivity contribution < 1.29 is 13.2 Å². The Morgan fingerprint density at radius 2 is 1.92 bits per heavy atom. The van der Waals surface area contributed by atoms with Crippen LogP contribution < -0.4 is 0 Å². The van der Waals surface area contributed by atoms with Crippen LogP contribution in [0.2, 0.25) is 0 Å².